The highest BCUT2D eigenvalue weighted by Gasteiger charge is 2.52. The zero-order chi connectivity index (χ0) is 43.6. The molecule has 9 aromatic rings. The molecule has 0 amide bonds. The largest absolute Gasteiger partial charge is 0.310 e. The Kier molecular flexibility index (Phi) is 9.66. The van der Waals surface area contributed by atoms with Gasteiger partial charge in [0.15, 0.2) is 0 Å². The number of rotatable bonds is 7. The molecule has 0 aliphatic heterocycles. The molecule has 0 heterocycles. The van der Waals surface area contributed by atoms with Gasteiger partial charge in [-0.15, -0.1) is 0 Å². The van der Waals surface area contributed by atoms with Gasteiger partial charge in [0.25, 0.3) is 0 Å². The lowest BCUT2D eigenvalue weighted by atomic mass is 9.69. The number of para-hydroxylation sites is 1. The molecule has 0 radical (unpaired) electrons. The summed E-state index contributed by atoms with van der Waals surface area (Å²) < 4.78 is 0. The van der Waals surface area contributed by atoms with Gasteiger partial charge in [0.2, 0.25) is 0 Å². The lowest BCUT2D eigenvalue weighted by molar-refractivity contribution is 0.443. The molecule has 2 fully saturated rings. The summed E-state index contributed by atoms with van der Waals surface area (Å²) in [5.74, 6) is 1.23. The van der Waals surface area contributed by atoms with E-state index in [1.165, 1.54) is 159 Å². The van der Waals surface area contributed by atoms with Gasteiger partial charge in [-0.3, -0.25) is 0 Å². The molecular weight excluding hydrogens is 795 g/mol. The Morgan fingerprint density at radius 1 is 0.333 bits per heavy atom. The van der Waals surface area contributed by atoms with Crippen molar-refractivity contribution in [3.05, 3.63) is 234 Å². The van der Waals surface area contributed by atoms with Crippen LogP contribution in [-0.4, -0.2) is 0 Å². The van der Waals surface area contributed by atoms with E-state index in [9.17, 15) is 0 Å². The maximum absolute atomic E-state index is 2.68. The topological polar surface area (TPSA) is 3.24 Å². The second kappa shape index (κ2) is 16.2. The number of fused-ring (bicyclic) bond motifs is 11. The summed E-state index contributed by atoms with van der Waals surface area (Å²) in [4.78, 5) is 2.53. The number of nitrogens with zero attached hydrogens (tertiary/aromatic N) is 1. The number of hydrogen-bond donors (Lipinski definition) is 0. The Morgan fingerprint density at radius 3 is 1.53 bits per heavy atom. The van der Waals surface area contributed by atoms with Crippen LogP contribution in [0.25, 0.3) is 55.3 Å². The van der Waals surface area contributed by atoms with Crippen molar-refractivity contribution in [1.29, 1.82) is 0 Å². The molecule has 1 spiro atoms. The fourth-order valence-electron chi connectivity index (χ4n) is 13.0. The van der Waals surface area contributed by atoms with Crippen LogP contribution < -0.4 is 4.90 Å². The van der Waals surface area contributed by atoms with Gasteiger partial charge < -0.3 is 4.90 Å². The predicted octanol–water partition coefficient (Wildman–Crippen LogP) is 18.1. The first-order chi connectivity index (χ1) is 32.7. The van der Waals surface area contributed by atoms with E-state index in [0.29, 0.717) is 11.8 Å². The molecule has 0 atom stereocenters. The van der Waals surface area contributed by atoms with Gasteiger partial charge in [0.05, 0.1) is 11.1 Å². The molecule has 1 heteroatoms. The summed E-state index contributed by atoms with van der Waals surface area (Å²) in [5.41, 5.74) is 22.3. The fourth-order valence-corrected chi connectivity index (χ4v) is 13.0. The van der Waals surface area contributed by atoms with Crippen LogP contribution in [-0.2, 0) is 5.41 Å². The summed E-state index contributed by atoms with van der Waals surface area (Å²) in [6.45, 7) is 0. The summed E-state index contributed by atoms with van der Waals surface area (Å²) >= 11 is 0. The average molecular weight is 850 g/mol. The predicted molar refractivity (Wildman–Crippen MR) is 277 cm³/mol. The van der Waals surface area contributed by atoms with E-state index < -0.39 is 5.41 Å². The Balaban J connectivity index is 1.05. The zero-order valence-electron chi connectivity index (χ0n) is 37.7. The van der Waals surface area contributed by atoms with Crippen LogP contribution in [0.3, 0.4) is 0 Å². The molecule has 0 bridgehead atoms. The van der Waals surface area contributed by atoms with Gasteiger partial charge in [0, 0.05) is 16.9 Å². The van der Waals surface area contributed by atoms with E-state index in [1.807, 2.05) is 0 Å². The third kappa shape index (κ3) is 6.27. The lowest BCUT2D eigenvalue weighted by Crippen LogP contribution is -2.27. The van der Waals surface area contributed by atoms with Crippen LogP contribution in [0.5, 0.6) is 0 Å². The van der Waals surface area contributed by atoms with E-state index in [2.05, 4.69) is 205 Å². The van der Waals surface area contributed by atoms with Crippen LogP contribution in [0, 0.1) is 0 Å². The molecule has 2 saturated carbocycles. The van der Waals surface area contributed by atoms with Crippen LogP contribution in [0.1, 0.15) is 109 Å². The lowest BCUT2D eigenvalue weighted by Gasteiger charge is -2.34. The highest BCUT2D eigenvalue weighted by Crippen LogP contribution is 2.64. The highest BCUT2D eigenvalue weighted by atomic mass is 15.1. The SMILES string of the molecule is c1ccc(-c2ccccc2N(c2ccc(-c3cccc4ccccc34)cc2)c2ccc3c(c2)C2(c4ccccc4-3)c3cc(C4CCCCC4)ccc3-c3ccc(C4CCCCC4)cc32)cc1. The van der Waals surface area contributed by atoms with E-state index in [-0.39, 0.29) is 0 Å². The fraction of sp³-hybridized carbons (Fsp3) is 0.200. The number of anilines is 3. The Bertz CT molecular complexity index is 3200. The molecule has 1 nitrogen and oxygen atoms in total. The first-order valence-electron chi connectivity index (χ1n) is 24.8. The van der Waals surface area contributed by atoms with Crippen molar-refractivity contribution in [2.75, 3.05) is 4.90 Å². The van der Waals surface area contributed by atoms with Gasteiger partial charge in [0.1, 0.15) is 0 Å². The van der Waals surface area contributed by atoms with Gasteiger partial charge in [-0.2, -0.15) is 0 Å². The Labute approximate surface area is 390 Å². The third-order valence-corrected chi connectivity index (χ3v) is 16.1. The van der Waals surface area contributed by atoms with Crippen LogP contribution >= 0.6 is 0 Å². The third-order valence-electron chi connectivity index (χ3n) is 16.1. The molecule has 4 aliphatic rings. The maximum atomic E-state index is 2.68. The van der Waals surface area contributed by atoms with Crippen molar-refractivity contribution in [2.24, 2.45) is 0 Å². The second-order valence-electron chi connectivity index (χ2n) is 19.6. The quantitative estimate of drug-likeness (QED) is 0.154. The second-order valence-corrected chi connectivity index (χ2v) is 19.6. The minimum atomic E-state index is -0.440. The molecule has 4 aliphatic carbocycles. The van der Waals surface area contributed by atoms with E-state index in [4.69, 9.17) is 0 Å². The molecule has 66 heavy (non-hydrogen) atoms. The monoisotopic (exact) mass is 849 g/mol. The normalized spacial score (nSPS) is 16.2. The van der Waals surface area contributed by atoms with Crippen molar-refractivity contribution < 1.29 is 0 Å². The van der Waals surface area contributed by atoms with Gasteiger partial charge in [-0.1, -0.05) is 208 Å². The maximum Gasteiger partial charge on any atom is 0.0726 e. The van der Waals surface area contributed by atoms with Crippen molar-refractivity contribution >= 4 is 27.8 Å². The summed E-state index contributed by atoms with van der Waals surface area (Å²) in [6.07, 6.45) is 13.2. The van der Waals surface area contributed by atoms with Crippen molar-refractivity contribution in [3.63, 3.8) is 0 Å². The van der Waals surface area contributed by atoms with Crippen molar-refractivity contribution in [2.45, 2.75) is 81.5 Å². The van der Waals surface area contributed by atoms with Crippen LogP contribution in [0.15, 0.2) is 200 Å². The molecule has 0 aromatic heterocycles. The van der Waals surface area contributed by atoms with E-state index in [1.54, 1.807) is 0 Å². The van der Waals surface area contributed by atoms with Gasteiger partial charge in [-0.05, 0) is 151 Å². The standard InChI is InChI=1S/C65H55N/c1-4-17-44(18-5-1)49-33-38-57-58-39-34-50(45-19-6-2-7-20-45)42-62(58)65(61(57)41-49)60-29-14-12-27-56(60)59-40-37-52(43-63(59)65)66(64-30-15-13-26-55(64)47-21-8-3-9-22-47)51-35-31-48(32-36-51)54-28-16-24-46-23-10-11-25-53(46)54/h3,8-16,21-45H,1-2,4-7,17-20H2. The first kappa shape index (κ1) is 39.4. The van der Waals surface area contributed by atoms with Crippen LogP contribution in [0.4, 0.5) is 17.1 Å². The van der Waals surface area contributed by atoms with Crippen molar-refractivity contribution in [1.82, 2.24) is 0 Å². The zero-order valence-corrected chi connectivity index (χ0v) is 37.7. The molecular formula is C65H55N. The molecule has 13 rings (SSSR count). The molecule has 9 aromatic carbocycles. The Hall–Kier alpha value is -6.96. The summed E-state index contributed by atoms with van der Waals surface area (Å²) in [6, 6.07) is 76.8. The van der Waals surface area contributed by atoms with E-state index >= 15 is 0 Å². The number of benzene rings is 9. The van der Waals surface area contributed by atoms with Crippen molar-refractivity contribution in [3.8, 4) is 44.5 Å². The molecule has 0 N–H and O–H groups in total. The molecule has 0 unspecified atom stereocenters. The summed E-state index contributed by atoms with van der Waals surface area (Å²) in [7, 11) is 0. The highest BCUT2D eigenvalue weighted by molar-refractivity contribution is 5.99. The van der Waals surface area contributed by atoms with E-state index in [0.717, 1.165) is 11.4 Å². The Morgan fingerprint density at radius 2 is 0.833 bits per heavy atom. The van der Waals surface area contributed by atoms with Gasteiger partial charge >= 0.3 is 0 Å². The first-order valence-corrected chi connectivity index (χ1v) is 24.8. The average Bonchev–Trinajstić information content (AvgIpc) is 3.86. The minimum Gasteiger partial charge on any atom is -0.310 e. The minimum absolute atomic E-state index is 0.440. The smallest absolute Gasteiger partial charge is 0.0726 e. The molecule has 320 valence electrons. The van der Waals surface area contributed by atoms with Gasteiger partial charge in [-0.25, -0.2) is 0 Å². The molecule has 0 saturated heterocycles. The van der Waals surface area contributed by atoms with Crippen LogP contribution in [0.2, 0.25) is 0 Å². The summed E-state index contributed by atoms with van der Waals surface area (Å²) in [5, 5.41) is 2.54. The number of hydrogen-bond acceptors (Lipinski definition) is 1.